The molecule has 2 aromatic heterocycles. The molecule has 0 aliphatic carbocycles. The van der Waals surface area contributed by atoms with E-state index in [-0.39, 0.29) is 5.56 Å². The van der Waals surface area contributed by atoms with Gasteiger partial charge in [-0.1, -0.05) is 0 Å². The number of aromatic carboxylic acids is 1. The lowest BCUT2D eigenvalue weighted by molar-refractivity contribution is 0.0697. The molecule has 19 heavy (non-hydrogen) atoms. The Balaban J connectivity index is 1.85. The number of ether oxygens (including phenoxy) is 1. The van der Waals surface area contributed by atoms with Crippen LogP contribution in [-0.2, 0) is 0 Å². The summed E-state index contributed by atoms with van der Waals surface area (Å²) >= 11 is 0. The number of fused-ring (bicyclic) bond motifs is 1. The Bertz CT molecular complexity index is 736. The van der Waals surface area contributed by atoms with Crippen LogP contribution < -0.4 is 4.74 Å². The van der Waals surface area contributed by atoms with Gasteiger partial charge in [-0.3, -0.25) is 0 Å². The topological polar surface area (TPSA) is 89.6 Å². The van der Waals surface area contributed by atoms with Gasteiger partial charge in [0.25, 0.3) is 0 Å². The van der Waals surface area contributed by atoms with Gasteiger partial charge in [0.05, 0.1) is 5.56 Å². The van der Waals surface area contributed by atoms with Crippen molar-refractivity contribution in [1.82, 2.24) is 19.8 Å². The summed E-state index contributed by atoms with van der Waals surface area (Å²) in [7, 11) is 0. The number of carbonyl (C=O) groups is 1. The molecule has 0 radical (unpaired) electrons. The lowest BCUT2D eigenvalue weighted by Crippen LogP contribution is -1.97. The molecule has 0 atom stereocenters. The van der Waals surface area contributed by atoms with Crippen molar-refractivity contribution in [3.63, 3.8) is 0 Å². The van der Waals surface area contributed by atoms with Gasteiger partial charge in [0.1, 0.15) is 12.1 Å². The molecule has 0 amide bonds. The van der Waals surface area contributed by atoms with Gasteiger partial charge in [-0.05, 0) is 30.3 Å². The second-order valence-corrected chi connectivity index (χ2v) is 3.74. The lowest BCUT2D eigenvalue weighted by Gasteiger charge is -2.04. The smallest absolute Gasteiger partial charge is 0.335 e. The molecule has 3 rings (SSSR count). The quantitative estimate of drug-likeness (QED) is 0.765. The summed E-state index contributed by atoms with van der Waals surface area (Å²) in [5.41, 5.74) is 0.822. The zero-order valence-corrected chi connectivity index (χ0v) is 9.59. The summed E-state index contributed by atoms with van der Waals surface area (Å²) in [5, 5.41) is 20.5. The second kappa shape index (κ2) is 4.37. The fourth-order valence-electron chi connectivity index (χ4n) is 1.55. The van der Waals surface area contributed by atoms with E-state index in [1.165, 1.54) is 23.0 Å². The Labute approximate surface area is 107 Å². The average Bonchev–Trinajstić information content (AvgIpc) is 2.87. The summed E-state index contributed by atoms with van der Waals surface area (Å²) in [6.45, 7) is 0. The van der Waals surface area contributed by atoms with Crippen molar-refractivity contribution in [1.29, 1.82) is 0 Å². The number of carboxylic acid groups (broad SMARTS) is 1. The first-order chi connectivity index (χ1) is 9.22. The number of aromatic nitrogens is 4. The highest BCUT2D eigenvalue weighted by Crippen LogP contribution is 2.19. The van der Waals surface area contributed by atoms with Gasteiger partial charge in [0.15, 0.2) is 5.65 Å². The molecule has 0 bridgehead atoms. The van der Waals surface area contributed by atoms with Gasteiger partial charge in [-0.15, -0.1) is 15.3 Å². The van der Waals surface area contributed by atoms with Crippen molar-refractivity contribution in [3.8, 4) is 11.6 Å². The zero-order chi connectivity index (χ0) is 13.2. The van der Waals surface area contributed by atoms with Crippen molar-refractivity contribution in [2.45, 2.75) is 0 Å². The minimum atomic E-state index is -0.976. The maximum Gasteiger partial charge on any atom is 0.335 e. The summed E-state index contributed by atoms with van der Waals surface area (Å²) in [6.07, 6.45) is 1.47. The largest absolute Gasteiger partial charge is 0.478 e. The van der Waals surface area contributed by atoms with Crippen molar-refractivity contribution < 1.29 is 14.6 Å². The van der Waals surface area contributed by atoms with E-state index in [0.29, 0.717) is 17.3 Å². The Morgan fingerprint density at radius 1 is 1.16 bits per heavy atom. The van der Waals surface area contributed by atoms with Gasteiger partial charge in [-0.2, -0.15) is 4.52 Å². The third-order valence-electron chi connectivity index (χ3n) is 2.46. The molecule has 2 heterocycles. The van der Waals surface area contributed by atoms with Crippen LogP contribution in [0.5, 0.6) is 11.6 Å². The lowest BCUT2D eigenvalue weighted by atomic mass is 10.2. The Hall–Kier alpha value is -2.96. The highest BCUT2D eigenvalue weighted by atomic mass is 16.5. The number of benzene rings is 1. The SMILES string of the molecule is O=C(O)c1ccc(Oc2ccc3nncn3n2)cc1. The van der Waals surface area contributed by atoms with Gasteiger partial charge >= 0.3 is 5.97 Å². The molecule has 7 heteroatoms. The summed E-state index contributed by atoms with van der Waals surface area (Å²) in [4.78, 5) is 10.7. The molecule has 7 nitrogen and oxygen atoms in total. The van der Waals surface area contributed by atoms with E-state index < -0.39 is 5.97 Å². The first-order valence-electron chi connectivity index (χ1n) is 5.41. The molecular formula is C12H8N4O3. The zero-order valence-electron chi connectivity index (χ0n) is 9.59. The van der Waals surface area contributed by atoms with Crippen LogP contribution >= 0.6 is 0 Å². The standard InChI is InChI=1S/C12H8N4O3/c17-12(18)8-1-3-9(4-2-8)19-11-6-5-10-14-13-7-16(10)15-11/h1-7H,(H,17,18). The molecule has 0 aliphatic heterocycles. The maximum atomic E-state index is 10.7. The third-order valence-corrected chi connectivity index (χ3v) is 2.46. The highest BCUT2D eigenvalue weighted by Gasteiger charge is 2.04. The minimum Gasteiger partial charge on any atom is -0.478 e. The van der Waals surface area contributed by atoms with Gasteiger partial charge < -0.3 is 9.84 Å². The predicted octanol–water partition coefficient (Wildman–Crippen LogP) is 1.61. The second-order valence-electron chi connectivity index (χ2n) is 3.74. The van der Waals surface area contributed by atoms with Crippen molar-refractivity contribution >= 4 is 11.6 Å². The van der Waals surface area contributed by atoms with Crippen LogP contribution in [-0.4, -0.2) is 30.9 Å². The number of carboxylic acids is 1. The average molecular weight is 256 g/mol. The molecule has 3 aromatic rings. The number of hydrogen-bond donors (Lipinski definition) is 1. The molecular weight excluding hydrogens is 248 g/mol. The molecule has 1 N–H and O–H groups in total. The van der Waals surface area contributed by atoms with Crippen LogP contribution in [0.4, 0.5) is 0 Å². The summed E-state index contributed by atoms with van der Waals surface area (Å²) < 4.78 is 7.00. The van der Waals surface area contributed by atoms with E-state index in [0.717, 1.165) is 0 Å². The molecule has 0 saturated heterocycles. The van der Waals surface area contributed by atoms with E-state index in [2.05, 4.69) is 15.3 Å². The van der Waals surface area contributed by atoms with Crippen molar-refractivity contribution in [3.05, 3.63) is 48.3 Å². The molecule has 94 valence electrons. The molecule has 0 spiro atoms. The van der Waals surface area contributed by atoms with Crippen LogP contribution in [0.25, 0.3) is 5.65 Å². The predicted molar refractivity (Wildman–Crippen MR) is 64.3 cm³/mol. The fraction of sp³-hybridized carbons (Fsp3) is 0. The first kappa shape index (κ1) is 11.1. The third kappa shape index (κ3) is 2.21. The van der Waals surface area contributed by atoms with Crippen molar-refractivity contribution in [2.24, 2.45) is 0 Å². The number of hydrogen-bond acceptors (Lipinski definition) is 5. The normalized spacial score (nSPS) is 10.5. The van der Waals surface area contributed by atoms with Crippen LogP contribution in [0, 0.1) is 0 Å². The van der Waals surface area contributed by atoms with Crippen LogP contribution in [0.15, 0.2) is 42.7 Å². The number of rotatable bonds is 3. The first-order valence-corrected chi connectivity index (χ1v) is 5.41. The van der Waals surface area contributed by atoms with Crippen molar-refractivity contribution in [2.75, 3.05) is 0 Å². The van der Waals surface area contributed by atoms with Gasteiger partial charge in [-0.25, -0.2) is 4.79 Å². The molecule has 0 aliphatic rings. The minimum absolute atomic E-state index is 0.203. The molecule has 1 aromatic carbocycles. The summed E-state index contributed by atoms with van der Waals surface area (Å²) in [6, 6.07) is 9.46. The van der Waals surface area contributed by atoms with Gasteiger partial charge in [0, 0.05) is 6.07 Å². The fourth-order valence-corrected chi connectivity index (χ4v) is 1.55. The number of nitrogens with zero attached hydrogens (tertiary/aromatic N) is 4. The Morgan fingerprint density at radius 3 is 2.68 bits per heavy atom. The van der Waals surface area contributed by atoms with E-state index in [9.17, 15) is 4.79 Å². The van der Waals surface area contributed by atoms with Crippen LogP contribution in [0.3, 0.4) is 0 Å². The highest BCUT2D eigenvalue weighted by molar-refractivity contribution is 5.87. The van der Waals surface area contributed by atoms with Crippen LogP contribution in [0.1, 0.15) is 10.4 Å². The monoisotopic (exact) mass is 256 g/mol. The Morgan fingerprint density at radius 2 is 1.95 bits per heavy atom. The molecule has 0 fully saturated rings. The van der Waals surface area contributed by atoms with E-state index in [4.69, 9.17) is 9.84 Å². The van der Waals surface area contributed by atoms with E-state index >= 15 is 0 Å². The summed E-state index contributed by atoms with van der Waals surface area (Å²) in [5.74, 6) is -0.101. The Kier molecular flexibility index (Phi) is 2.57. The molecule has 0 saturated carbocycles. The van der Waals surface area contributed by atoms with Gasteiger partial charge in [0.2, 0.25) is 5.88 Å². The molecule has 0 unspecified atom stereocenters. The van der Waals surface area contributed by atoms with E-state index in [1.807, 2.05) is 0 Å². The van der Waals surface area contributed by atoms with E-state index in [1.54, 1.807) is 24.3 Å². The van der Waals surface area contributed by atoms with Crippen LogP contribution in [0.2, 0.25) is 0 Å². The maximum absolute atomic E-state index is 10.7.